The van der Waals surface area contributed by atoms with E-state index in [1.54, 1.807) is 17.9 Å². The van der Waals surface area contributed by atoms with Gasteiger partial charge in [0.1, 0.15) is 11.3 Å². The monoisotopic (exact) mass is 572 g/mol. The summed E-state index contributed by atoms with van der Waals surface area (Å²) < 4.78 is 50.4. The first-order valence-electron chi connectivity index (χ1n) is 13.0. The molecule has 2 aromatic heterocycles. The van der Waals surface area contributed by atoms with Gasteiger partial charge in [0.15, 0.2) is 5.82 Å². The molecular weight excluding hydrogens is 540 g/mol. The Morgan fingerprint density at radius 3 is 2.60 bits per heavy atom. The van der Waals surface area contributed by atoms with Crippen LogP contribution in [0.5, 0.6) is 0 Å². The number of imidazole rings is 1. The number of ether oxygens (including phenoxy) is 1. The van der Waals surface area contributed by atoms with Crippen LogP contribution >= 0.6 is 11.6 Å². The molecule has 0 amide bonds. The molecule has 2 aliphatic heterocycles. The van der Waals surface area contributed by atoms with Gasteiger partial charge in [-0.05, 0) is 46.8 Å². The molecule has 2 saturated heterocycles. The van der Waals surface area contributed by atoms with E-state index < -0.39 is 23.4 Å². The molecule has 8 nitrogen and oxygen atoms in total. The Morgan fingerprint density at radius 1 is 1.25 bits per heavy atom. The van der Waals surface area contributed by atoms with Crippen molar-refractivity contribution in [2.24, 2.45) is 0 Å². The predicted octanol–water partition coefficient (Wildman–Crippen LogP) is 2.21. The van der Waals surface area contributed by atoms with Crippen LogP contribution in [0.3, 0.4) is 0 Å². The number of aliphatic hydroxyl groups excluding tert-OH is 1. The van der Waals surface area contributed by atoms with Crippen LogP contribution < -0.4 is 24.2 Å². The van der Waals surface area contributed by atoms with E-state index in [0.29, 0.717) is 35.6 Å². The number of likely N-dealkylation sites (tertiary alicyclic amines) is 1. The van der Waals surface area contributed by atoms with Crippen molar-refractivity contribution in [3.05, 3.63) is 41.4 Å². The van der Waals surface area contributed by atoms with Gasteiger partial charge in [0.05, 0.1) is 53.3 Å². The minimum Gasteiger partial charge on any atom is -0.407 e. The molecule has 0 unspecified atom stereocenters. The number of halogens is 4. The molecule has 40 heavy (non-hydrogen) atoms. The normalized spacial score (nSPS) is 23.5. The number of aliphatic hydroxyl groups is 1. The maximum absolute atomic E-state index is 15.6. The predicted molar refractivity (Wildman–Crippen MR) is 143 cm³/mol. The van der Waals surface area contributed by atoms with Crippen LogP contribution in [0.25, 0.3) is 22.3 Å². The standard InChI is InChI=1S/C27H33ClF3N6O2.Li/c1-14(2)37-20-10-16(9-18(29)22(20)34-24(37)26(4,5)36-12-27(30,31)13-36)21-17(28)11-32-25(35-21)33-19-7-6-8-39-15(3)23(19)38;/h6,9-11,14-15,19,23,38H,7-8,12-13H2,1-5H3,(H,32,33,35);/q-1;+1/t15-,19-,23-;/m1./s1. The van der Waals surface area contributed by atoms with E-state index in [4.69, 9.17) is 16.3 Å². The van der Waals surface area contributed by atoms with Crippen molar-refractivity contribution in [3.63, 3.8) is 0 Å². The van der Waals surface area contributed by atoms with Crippen molar-refractivity contribution >= 4 is 28.6 Å². The number of hydrogen-bond donors (Lipinski definition) is 2. The van der Waals surface area contributed by atoms with Crippen LogP contribution in [-0.2, 0) is 10.3 Å². The Labute approximate surface area is 248 Å². The molecular formula is C27H33ClF3LiN6O2. The molecule has 13 heteroatoms. The molecule has 4 heterocycles. The number of anilines is 1. The van der Waals surface area contributed by atoms with Gasteiger partial charge < -0.3 is 26.1 Å². The molecule has 0 spiro atoms. The molecule has 0 radical (unpaired) electrons. The molecule has 2 N–H and O–H groups in total. The van der Waals surface area contributed by atoms with E-state index in [-0.39, 0.29) is 66.6 Å². The number of alkyl halides is 2. The summed E-state index contributed by atoms with van der Waals surface area (Å²) >= 11 is 6.48. The molecule has 2 aliphatic rings. The van der Waals surface area contributed by atoms with Crippen molar-refractivity contribution in [2.75, 3.05) is 25.0 Å². The summed E-state index contributed by atoms with van der Waals surface area (Å²) in [5.74, 6) is -2.57. The Morgan fingerprint density at radius 2 is 1.95 bits per heavy atom. The fourth-order valence-electron chi connectivity index (χ4n) is 5.27. The van der Waals surface area contributed by atoms with E-state index in [0.717, 1.165) is 0 Å². The van der Waals surface area contributed by atoms with Gasteiger partial charge in [-0.15, -0.1) is 0 Å². The molecule has 0 aliphatic carbocycles. The first-order chi connectivity index (χ1) is 18.3. The molecule has 1 aromatic carbocycles. The summed E-state index contributed by atoms with van der Waals surface area (Å²) in [7, 11) is 0. The van der Waals surface area contributed by atoms with Crippen LogP contribution in [0.4, 0.5) is 19.1 Å². The summed E-state index contributed by atoms with van der Waals surface area (Å²) in [5.41, 5.74) is 0.545. The maximum Gasteiger partial charge on any atom is 1.00 e. The van der Waals surface area contributed by atoms with Crippen molar-refractivity contribution in [2.45, 2.75) is 76.8 Å². The second-order valence-electron chi connectivity index (χ2n) is 11.2. The molecule has 3 aromatic rings. The van der Waals surface area contributed by atoms with Crippen molar-refractivity contribution in [1.29, 1.82) is 0 Å². The quantitative estimate of drug-likeness (QED) is 0.346. The number of nitrogens with one attached hydrogen (secondary N) is 1. The summed E-state index contributed by atoms with van der Waals surface area (Å²) in [6.45, 7) is 9.01. The minimum atomic E-state index is -2.74. The van der Waals surface area contributed by atoms with Gasteiger partial charge >= 0.3 is 18.9 Å². The van der Waals surface area contributed by atoms with Gasteiger partial charge in [0.2, 0.25) is 5.95 Å². The molecule has 5 rings (SSSR count). The average Bonchev–Trinajstić information content (AvgIpc) is 3.19. The average molecular weight is 573 g/mol. The van der Waals surface area contributed by atoms with Crippen molar-refractivity contribution < 1.29 is 41.9 Å². The third-order valence-electron chi connectivity index (χ3n) is 7.57. The molecule has 3 atom stereocenters. The van der Waals surface area contributed by atoms with E-state index in [1.807, 2.05) is 38.7 Å². The maximum atomic E-state index is 15.6. The zero-order valence-electron chi connectivity index (χ0n) is 23.6. The summed E-state index contributed by atoms with van der Waals surface area (Å²) in [5, 5.41) is 14.0. The van der Waals surface area contributed by atoms with Gasteiger partial charge in [-0.1, -0.05) is 18.2 Å². The van der Waals surface area contributed by atoms with Gasteiger partial charge in [-0.25, -0.2) is 28.1 Å². The molecule has 212 valence electrons. The summed E-state index contributed by atoms with van der Waals surface area (Å²) in [6.07, 6.45) is 2.75. The Kier molecular flexibility index (Phi) is 8.87. The Hall–Kier alpha value is -1.87. The van der Waals surface area contributed by atoms with Crippen LogP contribution in [0.2, 0.25) is 5.02 Å². The van der Waals surface area contributed by atoms with Gasteiger partial charge in [0, 0.05) is 17.6 Å². The molecule has 0 saturated carbocycles. The Balaban J connectivity index is 0.00000370. The zero-order chi connectivity index (χ0) is 28.3. The van der Waals surface area contributed by atoms with Crippen molar-refractivity contribution in [3.8, 4) is 11.3 Å². The molecule has 0 bridgehead atoms. The second-order valence-corrected chi connectivity index (χ2v) is 11.6. The van der Waals surface area contributed by atoms with Crippen LogP contribution in [0.15, 0.2) is 18.3 Å². The fraction of sp³-hybridized carbons (Fsp3) is 0.556. The van der Waals surface area contributed by atoms with Crippen LogP contribution in [-0.4, -0.2) is 73.4 Å². The third-order valence-corrected chi connectivity index (χ3v) is 7.85. The largest absolute Gasteiger partial charge is 1.00 e. The van der Waals surface area contributed by atoms with E-state index >= 15 is 4.39 Å². The Bertz CT molecular complexity index is 1380. The van der Waals surface area contributed by atoms with Crippen LogP contribution in [0, 0.1) is 12.2 Å². The smallest absolute Gasteiger partial charge is 0.407 e. The zero-order valence-corrected chi connectivity index (χ0v) is 24.3. The summed E-state index contributed by atoms with van der Waals surface area (Å²) in [6, 6.07) is 2.57. The summed E-state index contributed by atoms with van der Waals surface area (Å²) in [4.78, 5) is 15.1. The number of hydrogen-bond acceptors (Lipinski definition) is 7. The van der Waals surface area contributed by atoms with Gasteiger partial charge in [-0.3, -0.25) is 4.90 Å². The van der Waals surface area contributed by atoms with Gasteiger partial charge in [-0.2, -0.15) is 6.42 Å². The minimum absolute atomic E-state index is 0. The van der Waals surface area contributed by atoms with Gasteiger partial charge in [0.25, 0.3) is 5.92 Å². The second kappa shape index (κ2) is 11.4. The number of aromatic nitrogens is 4. The number of nitrogens with zero attached hydrogens (tertiary/aromatic N) is 5. The topological polar surface area (TPSA) is 88.3 Å². The number of fused-ring (bicyclic) bond motifs is 1. The van der Waals surface area contributed by atoms with Crippen LogP contribution in [0.1, 0.15) is 52.9 Å². The van der Waals surface area contributed by atoms with E-state index in [1.165, 1.54) is 12.3 Å². The van der Waals surface area contributed by atoms with Crippen molar-refractivity contribution in [1.82, 2.24) is 24.4 Å². The number of rotatable bonds is 6. The number of benzene rings is 1. The molecule has 2 fully saturated rings. The SMILES string of the molecule is CC(C)n1c(C(C)(C)N2CC(F)(F)C2)nc2c(F)cc(-c3nc(N[C@@H]4C[CH-]CO[C@H](C)[C@H]4O)ncc3Cl)cc21.[Li+]. The fourth-order valence-corrected chi connectivity index (χ4v) is 5.47. The van der Waals surface area contributed by atoms with E-state index in [9.17, 15) is 13.9 Å². The van der Waals surface area contributed by atoms with E-state index in [2.05, 4.69) is 20.3 Å². The first kappa shape index (κ1) is 31.1. The first-order valence-corrected chi connectivity index (χ1v) is 13.4. The third kappa shape index (κ3) is 5.74.